The molecule has 130 valence electrons. The van der Waals surface area contributed by atoms with Gasteiger partial charge in [0, 0.05) is 6.42 Å². The zero-order chi connectivity index (χ0) is 18.8. The summed E-state index contributed by atoms with van der Waals surface area (Å²) < 4.78 is 0. The zero-order valence-corrected chi connectivity index (χ0v) is 15.3. The van der Waals surface area contributed by atoms with Gasteiger partial charge in [0.15, 0.2) is 0 Å². The van der Waals surface area contributed by atoms with Crippen LogP contribution in [0.2, 0.25) is 0 Å². The van der Waals surface area contributed by atoms with E-state index in [0.29, 0.717) is 17.8 Å². The number of amidine groups is 1. The van der Waals surface area contributed by atoms with Gasteiger partial charge >= 0.3 is 0 Å². The molecule has 4 heteroatoms. The molecule has 0 heterocycles. The molecule has 0 fully saturated rings. The van der Waals surface area contributed by atoms with Crippen molar-refractivity contribution in [3.05, 3.63) is 59.7 Å². The minimum absolute atomic E-state index is 0.0666. The lowest BCUT2D eigenvalue weighted by Crippen LogP contribution is -2.11. The molecule has 0 saturated heterocycles. The van der Waals surface area contributed by atoms with Gasteiger partial charge in [-0.05, 0) is 48.7 Å². The lowest BCUT2D eigenvalue weighted by Gasteiger charge is -2.13. The van der Waals surface area contributed by atoms with Crippen molar-refractivity contribution in [1.29, 1.82) is 5.26 Å². The fourth-order valence-corrected chi connectivity index (χ4v) is 2.45. The molecule has 1 atom stereocenters. The molecule has 0 aliphatic rings. The predicted molar refractivity (Wildman–Crippen MR) is 103 cm³/mol. The highest BCUT2D eigenvalue weighted by Gasteiger charge is 2.14. The van der Waals surface area contributed by atoms with E-state index in [9.17, 15) is 4.79 Å². The quantitative estimate of drug-likeness (QED) is 0.638. The summed E-state index contributed by atoms with van der Waals surface area (Å²) in [5.74, 6) is 0.519. The van der Waals surface area contributed by atoms with Gasteiger partial charge in [0.2, 0.25) is 0 Å². The Labute approximate surface area is 150 Å². The van der Waals surface area contributed by atoms with Crippen molar-refractivity contribution in [1.82, 2.24) is 0 Å². The lowest BCUT2D eigenvalue weighted by atomic mass is 9.96. The number of carbonyl (C=O) groups is 1. The highest BCUT2D eigenvalue weighted by Crippen LogP contribution is 2.27. The van der Waals surface area contributed by atoms with E-state index in [0.717, 1.165) is 16.7 Å². The second-order valence-corrected chi connectivity index (χ2v) is 5.51. The van der Waals surface area contributed by atoms with Crippen LogP contribution in [-0.4, -0.2) is 11.6 Å². The first-order valence-electron chi connectivity index (χ1n) is 8.39. The van der Waals surface area contributed by atoms with E-state index in [1.165, 1.54) is 0 Å². The molecule has 1 unspecified atom stereocenters. The molecule has 0 amide bonds. The molecule has 0 radical (unpaired) electrons. The van der Waals surface area contributed by atoms with E-state index < -0.39 is 0 Å². The van der Waals surface area contributed by atoms with Crippen LogP contribution in [0.1, 0.15) is 51.3 Å². The number of aliphatic imine (C=N–C) groups is 1. The van der Waals surface area contributed by atoms with E-state index >= 15 is 0 Å². The number of ketones is 1. The topological polar surface area (TPSA) is 79.2 Å². The highest BCUT2D eigenvalue weighted by atomic mass is 16.1. The SMILES string of the molecule is CC.CC(=O)CC(N=C(C)N)c1cccc(-c2cccc(C#N)c2)c1. The van der Waals surface area contributed by atoms with Gasteiger partial charge in [-0.1, -0.05) is 44.2 Å². The van der Waals surface area contributed by atoms with Crippen LogP contribution < -0.4 is 5.73 Å². The molecule has 25 heavy (non-hydrogen) atoms. The van der Waals surface area contributed by atoms with E-state index in [1.54, 1.807) is 19.9 Å². The number of nitrogens with two attached hydrogens (primary N) is 1. The van der Waals surface area contributed by atoms with Gasteiger partial charge in [-0.3, -0.25) is 9.79 Å². The summed E-state index contributed by atoms with van der Waals surface area (Å²) >= 11 is 0. The van der Waals surface area contributed by atoms with Crippen molar-refractivity contribution in [2.24, 2.45) is 10.7 Å². The number of carbonyl (C=O) groups excluding carboxylic acids is 1. The third-order valence-corrected chi connectivity index (χ3v) is 3.44. The lowest BCUT2D eigenvalue weighted by molar-refractivity contribution is -0.117. The molecule has 2 aromatic rings. The van der Waals surface area contributed by atoms with Gasteiger partial charge in [-0.2, -0.15) is 5.26 Å². The molecule has 2 rings (SSSR count). The first kappa shape index (κ1) is 20.1. The number of rotatable bonds is 5. The Kier molecular flexibility index (Phi) is 8.08. The molecular formula is C21H25N3O. The molecule has 0 aromatic heterocycles. The smallest absolute Gasteiger partial charge is 0.132 e. The number of nitriles is 1. The maximum atomic E-state index is 11.5. The van der Waals surface area contributed by atoms with Crippen LogP contribution in [0, 0.1) is 11.3 Å². The second-order valence-electron chi connectivity index (χ2n) is 5.51. The molecule has 0 aliphatic heterocycles. The Hall–Kier alpha value is -2.93. The Bertz CT molecular complexity index is 784. The molecular weight excluding hydrogens is 310 g/mol. The van der Waals surface area contributed by atoms with Crippen LogP contribution in [0.25, 0.3) is 11.1 Å². The largest absolute Gasteiger partial charge is 0.388 e. The number of nitrogens with zero attached hydrogens (tertiary/aromatic N) is 2. The first-order chi connectivity index (χ1) is 12.0. The minimum atomic E-state index is -0.281. The zero-order valence-electron chi connectivity index (χ0n) is 15.3. The van der Waals surface area contributed by atoms with Gasteiger partial charge in [-0.15, -0.1) is 0 Å². The minimum Gasteiger partial charge on any atom is -0.388 e. The normalized spacial score (nSPS) is 11.7. The summed E-state index contributed by atoms with van der Waals surface area (Å²) in [5, 5.41) is 9.03. The van der Waals surface area contributed by atoms with E-state index in [4.69, 9.17) is 11.0 Å². The van der Waals surface area contributed by atoms with Crippen LogP contribution in [-0.2, 0) is 4.79 Å². The maximum Gasteiger partial charge on any atom is 0.132 e. The van der Waals surface area contributed by atoms with Crippen molar-refractivity contribution in [3.63, 3.8) is 0 Å². The summed E-state index contributed by atoms with van der Waals surface area (Å²) in [5.41, 5.74) is 9.19. The van der Waals surface area contributed by atoms with Gasteiger partial charge in [0.05, 0.1) is 23.5 Å². The molecule has 0 bridgehead atoms. The number of hydrogen-bond acceptors (Lipinski definition) is 3. The molecule has 0 aliphatic carbocycles. The summed E-state index contributed by atoms with van der Waals surface area (Å²) in [6, 6.07) is 17.1. The Balaban J connectivity index is 0.00000151. The van der Waals surface area contributed by atoms with Crippen LogP contribution in [0.5, 0.6) is 0 Å². The Morgan fingerprint density at radius 2 is 1.72 bits per heavy atom. The maximum absolute atomic E-state index is 11.5. The summed E-state index contributed by atoms with van der Waals surface area (Å²) in [6.07, 6.45) is 0.316. The molecule has 0 spiro atoms. The molecule has 0 saturated carbocycles. The molecule has 2 aromatic carbocycles. The van der Waals surface area contributed by atoms with Gasteiger partial charge in [0.25, 0.3) is 0 Å². The third-order valence-electron chi connectivity index (χ3n) is 3.44. The monoisotopic (exact) mass is 335 g/mol. The first-order valence-corrected chi connectivity index (χ1v) is 8.39. The van der Waals surface area contributed by atoms with Crippen molar-refractivity contribution in [3.8, 4) is 17.2 Å². The van der Waals surface area contributed by atoms with Crippen molar-refractivity contribution < 1.29 is 4.79 Å². The summed E-state index contributed by atoms with van der Waals surface area (Å²) in [6.45, 7) is 7.27. The van der Waals surface area contributed by atoms with Crippen LogP contribution in [0.3, 0.4) is 0 Å². The summed E-state index contributed by atoms with van der Waals surface area (Å²) in [7, 11) is 0. The van der Waals surface area contributed by atoms with Crippen LogP contribution >= 0.6 is 0 Å². The number of benzene rings is 2. The van der Waals surface area contributed by atoms with E-state index in [1.807, 2.05) is 56.3 Å². The predicted octanol–water partition coefficient (Wildman–Crippen LogP) is 4.65. The fourth-order valence-electron chi connectivity index (χ4n) is 2.45. The standard InChI is InChI=1S/C19H19N3O.C2H6/c1-13(23)9-19(22-14(2)21)18-8-4-7-17(11-18)16-6-3-5-15(10-16)12-20;1-2/h3-8,10-11,19H,9H2,1-2H3,(H2,21,22);1-2H3. The van der Waals surface area contributed by atoms with E-state index in [2.05, 4.69) is 11.1 Å². The van der Waals surface area contributed by atoms with Crippen LogP contribution in [0.4, 0.5) is 0 Å². The number of hydrogen-bond donors (Lipinski definition) is 1. The van der Waals surface area contributed by atoms with Crippen molar-refractivity contribution >= 4 is 11.6 Å². The van der Waals surface area contributed by atoms with E-state index in [-0.39, 0.29) is 11.8 Å². The Morgan fingerprint density at radius 1 is 1.12 bits per heavy atom. The summed E-state index contributed by atoms with van der Waals surface area (Å²) in [4.78, 5) is 15.9. The van der Waals surface area contributed by atoms with Crippen molar-refractivity contribution in [2.75, 3.05) is 0 Å². The molecule has 4 nitrogen and oxygen atoms in total. The average Bonchev–Trinajstić information content (AvgIpc) is 2.62. The Morgan fingerprint density at radius 3 is 2.28 bits per heavy atom. The fraction of sp³-hybridized carbons (Fsp3) is 0.286. The number of Topliss-reactive ketones (excluding diaryl/α,β-unsaturated/α-hetero) is 1. The van der Waals surface area contributed by atoms with Gasteiger partial charge < -0.3 is 5.73 Å². The van der Waals surface area contributed by atoms with Gasteiger partial charge in [0.1, 0.15) is 5.78 Å². The van der Waals surface area contributed by atoms with Crippen molar-refractivity contribution in [2.45, 2.75) is 40.2 Å². The van der Waals surface area contributed by atoms with Crippen LogP contribution in [0.15, 0.2) is 53.5 Å². The highest BCUT2D eigenvalue weighted by molar-refractivity contribution is 5.80. The second kappa shape index (κ2) is 10.0. The van der Waals surface area contributed by atoms with Gasteiger partial charge in [-0.25, -0.2) is 0 Å². The average molecular weight is 335 g/mol. The molecule has 2 N–H and O–H groups in total. The third kappa shape index (κ3) is 6.23.